The van der Waals surface area contributed by atoms with E-state index in [1.54, 1.807) is 25.5 Å². The Balaban J connectivity index is 2.02. The molecule has 0 aliphatic carbocycles. The van der Waals surface area contributed by atoms with Crippen molar-refractivity contribution in [1.29, 1.82) is 0 Å². The van der Waals surface area contributed by atoms with Gasteiger partial charge in [-0.25, -0.2) is 14.8 Å². The monoisotopic (exact) mass is 273 g/mol. The van der Waals surface area contributed by atoms with Gasteiger partial charge in [-0.15, -0.1) is 0 Å². The minimum atomic E-state index is -0.430. The van der Waals surface area contributed by atoms with Gasteiger partial charge >= 0.3 is 5.97 Å². The number of ether oxygens (including phenoxy) is 1. The maximum atomic E-state index is 11.5. The summed E-state index contributed by atoms with van der Waals surface area (Å²) >= 11 is 0. The van der Waals surface area contributed by atoms with Crippen LogP contribution in [0.3, 0.4) is 0 Å². The van der Waals surface area contributed by atoms with Crippen molar-refractivity contribution in [3.63, 3.8) is 0 Å². The third-order valence-corrected chi connectivity index (χ3v) is 2.54. The second-order valence-corrected chi connectivity index (χ2v) is 4.01. The lowest BCUT2D eigenvalue weighted by Crippen LogP contribution is -2.12. The van der Waals surface area contributed by atoms with Crippen LogP contribution in [0.4, 0.5) is 5.95 Å². The van der Waals surface area contributed by atoms with Crippen molar-refractivity contribution in [3.05, 3.63) is 42.2 Å². The van der Waals surface area contributed by atoms with E-state index in [0.29, 0.717) is 18.1 Å². The zero-order valence-electron chi connectivity index (χ0n) is 11.3. The van der Waals surface area contributed by atoms with Crippen molar-refractivity contribution in [2.45, 2.75) is 19.9 Å². The molecule has 1 atom stereocenters. The molecule has 1 N–H and O–H groups in total. The van der Waals surface area contributed by atoms with E-state index in [0.717, 1.165) is 5.69 Å². The molecule has 7 heteroatoms. The molecule has 20 heavy (non-hydrogen) atoms. The van der Waals surface area contributed by atoms with Crippen LogP contribution < -0.4 is 5.32 Å². The fraction of sp³-hybridized carbons (Fsp3) is 0.308. The SMILES string of the molecule is CCOC(=O)c1cnc(NC(C)c2cnccn2)nc1. The molecule has 0 radical (unpaired) electrons. The summed E-state index contributed by atoms with van der Waals surface area (Å²) in [6.45, 7) is 3.99. The summed E-state index contributed by atoms with van der Waals surface area (Å²) in [5, 5.41) is 3.08. The number of hydrogen-bond acceptors (Lipinski definition) is 7. The molecule has 104 valence electrons. The number of anilines is 1. The third kappa shape index (κ3) is 3.47. The molecule has 7 nitrogen and oxygen atoms in total. The number of esters is 1. The number of carbonyl (C=O) groups excluding carboxylic acids is 1. The van der Waals surface area contributed by atoms with Gasteiger partial charge in [0.25, 0.3) is 0 Å². The summed E-state index contributed by atoms with van der Waals surface area (Å²) in [5.74, 6) is -0.0165. The fourth-order valence-electron chi connectivity index (χ4n) is 1.52. The van der Waals surface area contributed by atoms with Crippen molar-refractivity contribution in [2.24, 2.45) is 0 Å². The quantitative estimate of drug-likeness (QED) is 0.828. The lowest BCUT2D eigenvalue weighted by molar-refractivity contribution is 0.0525. The lowest BCUT2D eigenvalue weighted by atomic mass is 10.2. The molecule has 0 bridgehead atoms. The lowest BCUT2D eigenvalue weighted by Gasteiger charge is -2.12. The van der Waals surface area contributed by atoms with Crippen LogP contribution in [0, 0.1) is 0 Å². The first kappa shape index (κ1) is 13.9. The van der Waals surface area contributed by atoms with Gasteiger partial charge in [0.15, 0.2) is 0 Å². The highest BCUT2D eigenvalue weighted by molar-refractivity contribution is 5.88. The number of hydrogen-bond donors (Lipinski definition) is 1. The first-order valence-electron chi connectivity index (χ1n) is 6.22. The Labute approximate surface area is 116 Å². The molecular formula is C13H15N5O2. The van der Waals surface area contributed by atoms with Gasteiger partial charge in [0, 0.05) is 24.8 Å². The summed E-state index contributed by atoms with van der Waals surface area (Å²) < 4.78 is 4.86. The molecule has 0 amide bonds. The topological polar surface area (TPSA) is 89.9 Å². The Bertz CT molecular complexity index is 559. The Morgan fingerprint density at radius 2 is 2.00 bits per heavy atom. The van der Waals surface area contributed by atoms with E-state index >= 15 is 0 Å². The van der Waals surface area contributed by atoms with Gasteiger partial charge < -0.3 is 10.1 Å². The van der Waals surface area contributed by atoms with Gasteiger partial charge in [-0.2, -0.15) is 0 Å². The number of carbonyl (C=O) groups is 1. The number of nitrogens with one attached hydrogen (secondary N) is 1. The van der Waals surface area contributed by atoms with Gasteiger partial charge in [0.2, 0.25) is 5.95 Å². The van der Waals surface area contributed by atoms with Crippen LogP contribution in [0.5, 0.6) is 0 Å². The van der Waals surface area contributed by atoms with Crippen LogP contribution in [0.15, 0.2) is 31.0 Å². The first-order chi connectivity index (χ1) is 9.70. The standard InChI is InChI=1S/C13H15N5O2/c1-3-20-12(19)10-6-16-13(17-7-10)18-9(2)11-8-14-4-5-15-11/h4-9H,3H2,1-2H3,(H,16,17,18). The summed E-state index contributed by atoms with van der Waals surface area (Å²) in [5.41, 5.74) is 1.11. The number of nitrogens with zero attached hydrogens (tertiary/aromatic N) is 4. The van der Waals surface area contributed by atoms with Crippen LogP contribution in [-0.2, 0) is 4.74 Å². The molecule has 0 saturated carbocycles. The molecule has 2 heterocycles. The minimum absolute atomic E-state index is 0.0860. The zero-order valence-corrected chi connectivity index (χ0v) is 11.3. The summed E-state index contributed by atoms with van der Waals surface area (Å²) in [7, 11) is 0. The maximum absolute atomic E-state index is 11.5. The third-order valence-electron chi connectivity index (χ3n) is 2.54. The predicted molar refractivity (Wildman–Crippen MR) is 72.1 cm³/mol. The average molecular weight is 273 g/mol. The normalized spacial score (nSPS) is 11.7. The van der Waals surface area contributed by atoms with Crippen molar-refractivity contribution in [1.82, 2.24) is 19.9 Å². The van der Waals surface area contributed by atoms with E-state index in [1.807, 2.05) is 6.92 Å². The van der Waals surface area contributed by atoms with E-state index in [1.165, 1.54) is 12.4 Å². The van der Waals surface area contributed by atoms with Crippen LogP contribution in [0.2, 0.25) is 0 Å². The van der Waals surface area contributed by atoms with Gasteiger partial charge in [0.1, 0.15) is 0 Å². The maximum Gasteiger partial charge on any atom is 0.341 e. The summed E-state index contributed by atoms with van der Waals surface area (Å²) in [6.07, 6.45) is 7.76. The molecule has 0 aliphatic rings. The predicted octanol–water partition coefficient (Wildman–Crippen LogP) is 1.62. The molecule has 2 rings (SSSR count). The first-order valence-corrected chi connectivity index (χ1v) is 6.22. The number of rotatable bonds is 5. The molecule has 1 unspecified atom stereocenters. The smallest absolute Gasteiger partial charge is 0.341 e. The van der Waals surface area contributed by atoms with Crippen molar-refractivity contribution in [2.75, 3.05) is 11.9 Å². The molecule has 0 fully saturated rings. The Kier molecular flexibility index (Phi) is 4.54. The second kappa shape index (κ2) is 6.55. The van der Waals surface area contributed by atoms with E-state index in [2.05, 4.69) is 25.3 Å². The molecule has 2 aromatic rings. The number of aromatic nitrogens is 4. The minimum Gasteiger partial charge on any atom is -0.462 e. The Morgan fingerprint density at radius 3 is 2.60 bits per heavy atom. The van der Waals surface area contributed by atoms with E-state index < -0.39 is 5.97 Å². The van der Waals surface area contributed by atoms with Gasteiger partial charge in [0.05, 0.1) is 30.1 Å². The van der Waals surface area contributed by atoms with Crippen LogP contribution >= 0.6 is 0 Å². The van der Waals surface area contributed by atoms with Gasteiger partial charge in [-0.05, 0) is 13.8 Å². The molecule has 2 aromatic heterocycles. The summed E-state index contributed by atoms with van der Waals surface area (Å²) in [4.78, 5) is 27.8. The highest BCUT2D eigenvalue weighted by Crippen LogP contribution is 2.13. The van der Waals surface area contributed by atoms with Crippen LogP contribution in [0.25, 0.3) is 0 Å². The van der Waals surface area contributed by atoms with Gasteiger partial charge in [-0.1, -0.05) is 0 Å². The Hall–Kier alpha value is -2.57. The molecule has 0 aliphatic heterocycles. The molecule has 0 aromatic carbocycles. The zero-order chi connectivity index (χ0) is 14.4. The van der Waals surface area contributed by atoms with Crippen LogP contribution in [-0.4, -0.2) is 32.5 Å². The van der Waals surface area contributed by atoms with E-state index in [9.17, 15) is 4.79 Å². The average Bonchev–Trinajstić information content (AvgIpc) is 2.49. The second-order valence-electron chi connectivity index (χ2n) is 4.01. The van der Waals surface area contributed by atoms with Crippen LogP contribution in [0.1, 0.15) is 35.9 Å². The molecule has 0 spiro atoms. The van der Waals surface area contributed by atoms with Crippen molar-refractivity contribution < 1.29 is 9.53 Å². The summed E-state index contributed by atoms with van der Waals surface area (Å²) in [6, 6.07) is -0.0860. The highest BCUT2D eigenvalue weighted by Gasteiger charge is 2.10. The van der Waals surface area contributed by atoms with Gasteiger partial charge in [-0.3, -0.25) is 9.97 Å². The van der Waals surface area contributed by atoms with Crippen molar-refractivity contribution >= 4 is 11.9 Å². The highest BCUT2D eigenvalue weighted by atomic mass is 16.5. The van der Waals surface area contributed by atoms with Crippen molar-refractivity contribution in [3.8, 4) is 0 Å². The fourth-order valence-corrected chi connectivity index (χ4v) is 1.52. The van der Waals surface area contributed by atoms with E-state index in [4.69, 9.17) is 4.74 Å². The van der Waals surface area contributed by atoms with E-state index in [-0.39, 0.29) is 6.04 Å². The molecular weight excluding hydrogens is 258 g/mol. The largest absolute Gasteiger partial charge is 0.462 e. The Morgan fingerprint density at radius 1 is 1.25 bits per heavy atom. The molecule has 0 saturated heterocycles.